The molecule has 1 amide bonds. The molecule has 7 heteroatoms. The zero-order chi connectivity index (χ0) is 13.6. The van der Waals surface area contributed by atoms with Gasteiger partial charge < -0.3 is 15.4 Å². The molecular formula is C12H13N3O4. The van der Waals surface area contributed by atoms with Crippen molar-refractivity contribution in [3.63, 3.8) is 0 Å². The molecule has 1 aromatic carbocycles. The summed E-state index contributed by atoms with van der Waals surface area (Å²) >= 11 is 0. The van der Waals surface area contributed by atoms with Crippen molar-refractivity contribution in [2.75, 3.05) is 17.2 Å². The highest BCUT2D eigenvalue weighted by Crippen LogP contribution is 2.41. The van der Waals surface area contributed by atoms with E-state index in [1.807, 2.05) is 0 Å². The first-order valence-corrected chi connectivity index (χ1v) is 6.06. The van der Waals surface area contributed by atoms with Crippen molar-refractivity contribution in [2.45, 2.75) is 19.4 Å². The quantitative estimate of drug-likeness (QED) is 0.640. The lowest BCUT2D eigenvalue weighted by atomic mass is 10.2. The van der Waals surface area contributed by atoms with Gasteiger partial charge in [-0.05, 0) is 18.4 Å². The van der Waals surface area contributed by atoms with Gasteiger partial charge in [-0.25, -0.2) is 0 Å². The van der Waals surface area contributed by atoms with Gasteiger partial charge in [0.1, 0.15) is 5.69 Å². The van der Waals surface area contributed by atoms with Crippen LogP contribution in [0.2, 0.25) is 0 Å². The second kappa shape index (κ2) is 4.11. The smallest absolute Gasteiger partial charge is 0.296 e. The third kappa shape index (κ3) is 2.18. The second-order valence-electron chi connectivity index (χ2n) is 4.92. The molecule has 19 heavy (non-hydrogen) atoms. The van der Waals surface area contributed by atoms with Crippen LogP contribution in [0.3, 0.4) is 0 Å². The van der Waals surface area contributed by atoms with Gasteiger partial charge in [-0.2, -0.15) is 0 Å². The number of hydrogen-bond acceptors (Lipinski definition) is 5. The van der Waals surface area contributed by atoms with Crippen LogP contribution in [-0.4, -0.2) is 23.5 Å². The first-order valence-electron chi connectivity index (χ1n) is 6.06. The Bertz CT molecular complexity index is 572. The topological polar surface area (TPSA) is 93.5 Å². The molecule has 1 aliphatic carbocycles. The Morgan fingerprint density at radius 2 is 2.26 bits per heavy atom. The van der Waals surface area contributed by atoms with Crippen LogP contribution >= 0.6 is 0 Å². The van der Waals surface area contributed by atoms with E-state index in [9.17, 15) is 14.9 Å². The fourth-order valence-electron chi connectivity index (χ4n) is 2.11. The number of rotatable bonds is 3. The molecule has 0 radical (unpaired) electrons. The van der Waals surface area contributed by atoms with E-state index in [-0.39, 0.29) is 24.2 Å². The SMILES string of the molecule is CC1CC1Nc1cc2c(cc1[N+](=O)[O-])OCC(=O)N2. The summed E-state index contributed by atoms with van der Waals surface area (Å²) in [5, 5.41) is 16.9. The molecular weight excluding hydrogens is 250 g/mol. The van der Waals surface area contributed by atoms with Gasteiger partial charge in [0.15, 0.2) is 12.4 Å². The van der Waals surface area contributed by atoms with Crippen LogP contribution in [0.5, 0.6) is 5.75 Å². The molecule has 1 heterocycles. The molecule has 7 nitrogen and oxygen atoms in total. The van der Waals surface area contributed by atoms with Gasteiger partial charge in [-0.15, -0.1) is 0 Å². The number of amides is 1. The molecule has 2 atom stereocenters. The maximum Gasteiger partial charge on any atom is 0.296 e. The van der Waals surface area contributed by atoms with Crippen LogP contribution in [0, 0.1) is 16.0 Å². The van der Waals surface area contributed by atoms with Crippen LogP contribution < -0.4 is 15.4 Å². The molecule has 1 saturated carbocycles. The Balaban J connectivity index is 1.98. The Labute approximate surface area is 109 Å². The van der Waals surface area contributed by atoms with E-state index in [0.29, 0.717) is 23.0 Å². The van der Waals surface area contributed by atoms with E-state index < -0.39 is 4.92 Å². The number of ether oxygens (including phenoxy) is 1. The van der Waals surface area contributed by atoms with Gasteiger partial charge in [-0.3, -0.25) is 14.9 Å². The average Bonchev–Trinajstić information content (AvgIpc) is 3.03. The summed E-state index contributed by atoms with van der Waals surface area (Å²) in [6.45, 7) is 1.96. The number of benzene rings is 1. The van der Waals surface area contributed by atoms with Gasteiger partial charge in [0, 0.05) is 6.04 Å². The molecule has 0 saturated heterocycles. The molecule has 0 spiro atoms. The molecule has 100 valence electrons. The maximum atomic E-state index is 11.3. The summed E-state index contributed by atoms with van der Waals surface area (Å²) in [5.41, 5.74) is 0.857. The minimum Gasteiger partial charge on any atom is -0.481 e. The third-order valence-electron chi connectivity index (χ3n) is 3.38. The summed E-state index contributed by atoms with van der Waals surface area (Å²) in [6, 6.07) is 3.18. The molecule has 0 bridgehead atoms. The predicted molar refractivity (Wildman–Crippen MR) is 68.4 cm³/mol. The van der Waals surface area contributed by atoms with Crippen LogP contribution in [0.25, 0.3) is 0 Å². The van der Waals surface area contributed by atoms with E-state index in [0.717, 1.165) is 6.42 Å². The lowest BCUT2D eigenvalue weighted by Gasteiger charge is -2.19. The Kier molecular flexibility index (Phi) is 2.55. The van der Waals surface area contributed by atoms with E-state index in [1.54, 1.807) is 6.07 Å². The first-order chi connectivity index (χ1) is 9.04. The third-order valence-corrected chi connectivity index (χ3v) is 3.38. The predicted octanol–water partition coefficient (Wildman–Crippen LogP) is 1.75. The fourth-order valence-corrected chi connectivity index (χ4v) is 2.11. The number of nitro groups is 1. The normalized spacial score (nSPS) is 23.9. The molecule has 2 N–H and O–H groups in total. The van der Waals surface area contributed by atoms with E-state index >= 15 is 0 Å². The second-order valence-corrected chi connectivity index (χ2v) is 4.92. The number of nitrogens with zero attached hydrogens (tertiary/aromatic N) is 1. The molecule has 1 aromatic rings. The van der Waals surface area contributed by atoms with Crippen molar-refractivity contribution in [1.82, 2.24) is 0 Å². The van der Waals surface area contributed by atoms with Gasteiger partial charge in [0.2, 0.25) is 0 Å². The summed E-state index contributed by atoms with van der Waals surface area (Å²) in [4.78, 5) is 21.9. The van der Waals surface area contributed by atoms with Crippen molar-refractivity contribution in [3.05, 3.63) is 22.2 Å². The van der Waals surface area contributed by atoms with Crippen molar-refractivity contribution < 1.29 is 14.5 Å². The number of fused-ring (bicyclic) bond motifs is 1. The Morgan fingerprint density at radius 3 is 2.89 bits per heavy atom. The van der Waals surface area contributed by atoms with Crippen LogP contribution in [0.1, 0.15) is 13.3 Å². The average molecular weight is 263 g/mol. The van der Waals surface area contributed by atoms with Crippen molar-refractivity contribution in [3.8, 4) is 5.75 Å². The summed E-state index contributed by atoms with van der Waals surface area (Å²) in [6.07, 6.45) is 0.997. The lowest BCUT2D eigenvalue weighted by Crippen LogP contribution is -2.25. The fraction of sp³-hybridized carbons (Fsp3) is 0.417. The first kappa shape index (κ1) is 11.8. The molecule has 2 unspecified atom stereocenters. The molecule has 1 fully saturated rings. The van der Waals surface area contributed by atoms with Gasteiger partial charge >= 0.3 is 0 Å². The number of carbonyl (C=O) groups is 1. The van der Waals surface area contributed by atoms with Crippen molar-refractivity contribution >= 4 is 23.0 Å². The van der Waals surface area contributed by atoms with Crippen molar-refractivity contribution in [1.29, 1.82) is 0 Å². The highest BCUT2D eigenvalue weighted by atomic mass is 16.6. The molecule has 2 aliphatic rings. The minimum absolute atomic E-state index is 0.0333. The number of carbonyl (C=O) groups excluding carboxylic acids is 1. The summed E-state index contributed by atoms with van der Waals surface area (Å²) < 4.78 is 5.18. The monoisotopic (exact) mass is 263 g/mol. The van der Waals surface area contributed by atoms with E-state index in [1.165, 1.54) is 6.07 Å². The highest BCUT2D eigenvalue weighted by Gasteiger charge is 2.34. The number of nitro benzene ring substituents is 1. The van der Waals surface area contributed by atoms with E-state index in [4.69, 9.17) is 4.74 Å². The zero-order valence-corrected chi connectivity index (χ0v) is 10.3. The minimum atomic E-state index is -0.449. The molecule has 0 aromatic heterocycles. The van der Waals surface area contributed by atoms with Crippen LogP contribution in [0.15, 0.2) is 12.1 Å². The lowest BCUT2D eigenvalue weighted by molar-refractivity contribution is -0.384. The Morgan fingerprint density at radius 1 is 1.53 bits per heavy atom. The van der Waals surface area contributed by atoms with Gasteiger partial charge in [0.25, 0.3) is 11.6 Å². The Hall–Kier alpha value is -2.31. The number of anilines is 2. The van der Waals surface area contributed by atoms with Gasteiger partial charge in [-0.1, -0.05) is 6.92 Å². The zero-order valence-electron chi connectivity index (χ0n) is 10.3. The number of nitrogens with one attached hydrogen (secondary N) is 2. The summed E-state index contributed by atoms with van der Waals surface area (Å²) in [7, 11) is 0. The van der Waals surface area contributed by atoms with Crippen LogP contribution in [0.4, 0.5) is 17.1 Å². The number of hydrogen-bond donors (Lipinski definition) is 2. The summed E-state index contributed by atoms with van der Waals surface area (Å²) in [5.74, 6) is 0.592. The molecule has 3 rings (SSSR count). The largest absolute Gasteiger partial charge is 0.481 e. The molecule has 1 aliphatic heterocycles. The van der Waals surface area contributed by atoms with Crippen molar-refractivity contribution in [2.24, 2.45) is 5.92 Å². The standard InChI is InChI=1S/C12H13N3O4/c1-6-2-7(6)13-8-3-9-11(4-10(8)15(17)18)19-5-12(16)14-9/h3-4,6-7,13H,2,5H2,1H3,(H,14,16). The van der Waals surface area contributed by atoms with E-state index in [2.05, 4.69) is 17.6 Å². The van der Waals surface area contributed by atoms with Gasteiger partial charge in [0.05, 0.1) is 16.7 Å². The van der Waals surface area contributed by atoms with Crippen LogP contribution in [-0.2, 0) is 4.79 Å². The maximum absolute atomic E-state index is 11.3. The highest BCUT2D eigenvalue weighted by molar-refractivity contribution is 5.96.